The maximum Gasteiger partial charge on any atom is 0.328 e. The van der Waals surface area contributed by atoms with Crippen LogP contribution in [0.3, 0.4) is 0 Å². The molecule has 0 aromatic heterocycles. The maximum atomic E-state index is 11.9. The molecule has 0 radical (unpaired) electrons. The lowest BCUT2D eigenvalue weighted by Gasteiger charge is -2.19. The number of benzene rings is 1. The second-order valence-corrected chi connectivity index (χ2v) is 5.69. The molecule has 0 saturated heterocycles. The van der Waals surface area contributed by atoms with Crippen LogP contribution in [0.25, 0.3) is 0 Å². The first kappa shape index (κ1) is 13.9. The summed E-state index contributed by atoms with van der Waals surface area (Å²) in [7, 11) is 0. The van der Waals surface area contributed by atoms with Gasteiger partial charge in [0.2, 0.25) is 0 Å². The van der Waals surface area contributed by atoms with Crippen molar-refractivity contribution in [3.63, 3.8) is 0 Å². The first-order chi connectivity index (χ1) is 8.96. The molecule has 1 aromatic rings. The predicted molar refractivity (Wildman–Crippen MR) is 74.2 cm³/mol. The van der Waals surface area contributed by atoms with Crippen molar-refractivity contribution in [3.05, 3.63) is 29.8 Å². The molecule has 1 atom stereocenters. The van der Waals surface area contributed by atoms with Crippen LogP contribution < -0.4 is 5.32 Å². The first-order valence-electron chi connectivity index (χ1n) is 6.61. The van der Waals surface area contributed by atoms with Crippen LogP contribution in [0.2, 0.25) is 0 Å². The quantitative estimate of drug-likeness (QED) is 0.669. The van der Waals surface area contributed by atoms with Gasteiger partial charge in [-0.3, -0.25) is 0 Å². The van der Waals surface area contributed by atoms with E-state index in [-0.39, 0.29) is 17.6 Å². The van der Waals surface area contributed by atoms with Crippen molar-refractivity contribution >= 4 is 11.7 Å². The number of esters is 1. The van der Waals surface area contributed by atoms with Crippen molar-refractivity contribution < 1.29 is 14.3 Å². The van der Waals surface area contributed by atoms with Crippen molar-refractivity contribution in [2.24, 2.45) is 0 Å². The molecule has 2 rings (SSSR count). The number of hydrogen-bond acceptors (Lipinski definition) is 4. The summed E-state index contributed by atoms with van der Waals surface area (Å²) in [6.07, 6.45) is 0.690. The first-order valence-corrected chi connectivity index (χ1v) is 6.61. The van der Waals surface area contributed by atoms with Gasteiger partial charge in [-0.25, -0.2) is 4.79 Å². The Morgan fingerprint density at radius 2 is 2.05 bits per heavy atom. The van der Waals surface area contributed by atoms with Gasteiger partial charge >= 0.3 is 5.97 Å². The van der Waals surface area contributed by atoms with Gasteiger partial charge in [0.15, 0.2) is 0 Å². The summed E-state index contributed by atoms with van der Waals surface area (Å²) in [5, 5.41) is 3.18. The molecule has 4 nitrogen and oxygen atoms in total. The van der Waals surface area contributed by atoms with Crippen LogP contribution in [0.4, 0.5) is 5.69 Å². The third kappa shape index (κ3) is 3.96. The van der Waals surface area contributed by atoms with E-state index < -0.39 is 0 Å². The number of carbonyl (C=O) groups is 1. The van der Waals surface area contributed by atoms with Crippen molar-refractivity contribution in [1.29, 1.82) is 0 Å². The largest absolute Gasteiger partial charge is 0.462 e. The molecule has 4 heteroatoms. The van der Waals surface area contributed by atoms with Crippen molar-refractivity contribution in [2.45, 2.75) is 38.8 Å². The van der Waals surface area contributed by atoms with E-state index in [0.717, 1.165) is 11.3 Å². The zero-order valence-electron chi connectivity index (χ0n) is 11.7. The normalized spacial score (nSPS) is 17.7. The number of hydrogen-bond donors (Lipinski definition) is 1. The lowest BCUT2D eigenvalue weighted by atomic mass is 10.1. The Labute approximate surface area is 114 Å². The highest BCUT2D eigenvalue weighted by Crippen LogP contribution is 2.25. The van der Waals surface area contributed by atoms with Crippen LogP contribution in [0.5, 0.6) is 0 Å². The van der Waals surface area contributed by atoms with Gasteiger partial charge in [0.1, 0.15) is 12.6 Å². The number of para-hydroxylation sites is 1. The molecule has 19 heavy (non-hydrogen) atoms. The fourth-order valence-electron chi connectivity index (χ4n) is 2.03. The van der Waals surface area contributed by atoms with Gasteiger partial charge in [0, 0.05) is 12.1 Å². The topological polar surface area (TPSA) is 47.6 Å². The molecule has 0 bridgehead atoms. The Bertz CT molecular complexity index is 426. The molecule has 1 heterocycles. The minimum Gasteiger partial charge on any atom is -0.462 e. The lowest BCUT2D eigenvalue weighted by molar-refractivity contribution is -0.147. The summed E-state index contributed by atoms with van der Waals surface area (Å²) in [5.74, 6) is -0.214. The maximum absolute atomic E-state index is 11.9. The summed E-state index contributed by atoms with van der Waals surface area (Å²) in [6.45, 7) is 6.65. The Hall–Kier alpha value is -1.55. The Balaban J connectivity index is 1.74. The van der Waals surface area contributed by atoms with Crippen LogP contribution in [0.1, 0.15) is 26.3 Å². The zero-order valence-corrected chi connectivity index (χ0v) is 11.7. The SMILES string of the molecule is CC(C)(C)OCCOC(=O)[C@@H]1Cc2ccccc2N1. The van der Waals surface area contributed by atoms with Crippen LogP contribution in [-0.4, -0.2) is 30.8 Å². The van der Waals surface area contributed by atoms with Crippen molar-refractivity contribution in [3.8, 4) is 0 Å². The number of rotatable bonds is 4. The lowest BCUT2D eigenvalue weighted by Crippen LogP contribution is -2.31. The molecule has 0 fully saturated rings. The van der Waals surface area contributed by atoms with E-state index in [1.54, 1.807) is 0 Å². The number of ether oxygens (including phenoxy) is 2. The highest BCUT2D eigenvalue weighted by atomic mass is 16.6. The van der Waals surface area contributed by atoms with E-state index in [9.17, 15) is 4.79 Å². The second kappa shape index (κ2) is 5.61. The summed E-state index contributed by atoms with van der Waals surface area (Å²) in [6, 6.07) is 7.67. The van der Waals surface area contributed by atoms with Gasteiger partial charge in [-0.1, -0.05) is 18.2 Å². The Morgan fingerprint density at radius 3 is 2.74 bits per heavy atom. The minimum absolute atomic E-state index is 0.200. The molecule has 0 saturated carbocycles. The number of fused-ring (bicyclic) bond motifs is 1. The number of anilines is 1. The Kier molecular flexibility index (Phi) is 4.10. The van der Waals surface area contributed by atoms with Crippen molar-refractivity contribution in [2.75, 3.05) is 18.5 Å². The summed E-state index contributed by atoms with van der Waals surface area (Å²) >= 11 is 0. The zero-order chi connectivity index (χ0) is 13.9. The van der Waals surface area contributed by atoms with Crippen LogP contribution >= 0.6 is 0 Å². The summed E-state index contributed by atoms with van der Waals surface area (Å²) in [5.41, 5.74) is 1.99. The van der Waals surface area contributed by atoms with E-state index in [2.05, 4.69) is 5.32 Å². The highest BCUT2D eigenvalue weighted by Gasteiger charge is 2.27. The monoisotopic (exact) mass is 263 g/mol. The number of nitrogens with one attached hydrogen (secondary N) is 1. The van der Waals surface area contributed by atoms with Gasteiger partial charge in [-0.15, -0.1) is 0 Å². The van der Waals surface area contributed by atoms with Crippen LogP contribution in [-0.2, 0) is 20.7 Å². The second-order valence-electron chi connectivity index (χ2n) is 5.69. The highest BCUT2D eigenvalue weighted by molar-refractivity contribution is 5.82. The molecular weight excluding hydrogens is 242 g/mol. The third-order valence-corrected chi connectivity index (χ3v) is 2.92. The van der Waals surface area contributed by atoms with E-state index in [1.165, 1.54) is 0 Å². The molecule has 1 aliphatic rings. The molecule has 1 aromatic carbocycles. The van der Waals surface area contributed by atoms with Gasteiger partial charge < -0.3 is 14.8 Å². The molecule has 0 spiro atoms. The predicted octanol–water partition coefficient (Wildman–Crippen LogP) is 2.38. The average Bonchev–Trinajstić information content (AvgIpc) is 2.77. The standard InChI is InChI=1S/C15H21NO3/c1-15(2,3)19-9-8-18-14(17)13-10-11-6-4-5-7-12(11)16-13/h4-7,13,16H,8-10H2,1-3H3/t13-/m0/s1. The van der Waals surface area contributed by atoms with E-state index in [0.29, 0.717) is 19.6 Å². The van der Waals surface area contributed by atoms with Crippen LogP contribution in [0, 0.1) is 0 Å². The van der Waals surface area contributed by atoms with Crippen LogP contribution in [0.15, 0.2) is 24.3 Å². The number of carbonyl (C=O) groups excluding carboxylic acids is 1. The third-order valence-electron chi connectivity index (χ3n) is 2.92. The molecular formula is C15H21NO3. The summed E-state index contributed by atoms with van der Waals surface area (Å²) in [4.78, 5) is 11.9. The minimum atomic E-state index is -0.271. The molecule has 0 unspecified atom stereocenters. The molecule has 0 amide bonds. The van der Waals surface area contributed by atoms with E-state index in [4.69, 9.17) is 9.47 Å². The van der Waals surface area contributed by atoms with E-state index >= 15 is 0 Å². The molecule has 1 aliphatic heterocycles. The van der Waals surface area contributed by atoms with Crippen molar-refractivity contribution in [1.82, 2.24) is 0 Å². The smallest absolute Gasteiger partial charge is 0.328 e. The van der Waals surface area contributed by atoms with E-state index in [1.807, 2.05) is 45.0 Å². The van der Waals surface area contributed by atoms with Gasteiger partial charge in [-0.2, -0.15) is 0 Å². The fourth-order valence-corrected chi connectivity index (χ4v) is 2.03. The molecule has 104 valence electrons. The van der Waals surface area contributed by atoms with Gasteiger partial charge in [0.25, 0.3) is 0 Å². The average molecular weight is 263 g/mol. The van der Waals surface area contributed by atoms with Gasteiger partial charge in [-0.05, 0) is 32.4 Å². The molecule has 0 aliphatic carbocycles. The van der Waals surface area contributed by atoms with Gasteiger partial charge in [0.05, 0.1) is 12.2 Å². The fraction of sp³-hybridized carbons (Fsp3) is 0.533. The molecule has 1 N–H and O–H groups in total. The Morgan fingerprint density at radius 1 is 1.32 bits per heavy atom. The summed E-state index contributed by atoms with van der Waals surface area (Å²) < 4.78 is 10.7.